The van der Waals surface area contributed by atoms with E-state index in [-0.39, 0.29) is 29.8 Å². The van der Waals surface area contributed by atoms with Crippen LogP contribution in [0.4, 0.5) is 5.82 Å². The minimum Gasteiger partial charge on any atom is -0.394 e. The molecular formula is C41H53N7O16P2S2. The molecule has 3 fully saturated rings. The largest absolute Gasteiger partial charge is 0.394 e. The van der Waals surface area contributed by atoms with Crippen LogP contribution in [0.3, 0.4) is 0 Å². The number of amides is 1. The van der Waals surface area contributed by atoms with Gasteiger partial charge in [-0.2, -0.15) is 4.98 Å². The Balaban J connectivity index is 1.10. The second-order valence-electron chi connectivity index (χ2n) is 17.2. The summed E-state index contributed by atoms with van der Waals surface area (Å²) in [5.74, 6) is -2.53. The van der Waals surface area contributed by atoms with Gasteiger partial charge in [0.2, 0.25) is 0 Å². The van der Waals surface area contributed by atoms with Gasteiger partial charge in [0.15, 0.2) is 0 Å². The van der Waals surface area contributed by atoms with E-state index >= 15 is 0 Å². The number of aliphatic hydroxyl groups excluding tert-OH is 1. The summed E-state index contributed by atoms with van der Waals surface area (Å²) >= 11 is 10.9. The van der Waals surface area contributed by atoms with Crippen molar-refractivity contribution in [2.45, 2.75) is 97.7 Å². The van der Waals surface area contributed by atoms with Crippen LogP contribution < -0.4 is 33.5 Å². The molecule has 3 aliphatic rings. The van der Waals surface area contributed by atoms with Gasteiger partial charge in [-0.25, -0.2) is 14.4 Å². The molecule has 3 saturated heterocycles. The van der Waals surface area contributed by atoms with Crippen LogP contribution >= 0.6 is 13.4 Å². The zero-order valence-electron chi connectivity index (χ0n) is 37.8. The lowest BCUT2D eigenvalue weighted by atomic mass is 9.93. The van der Waals surface area contributed by atoms with Gasteiger partial charge in [0.05, 0.1) is 25.9 Å². The molecule has 0 spiro atoms. The second kappa shape index (κ2) is 20.7. The van der Waals surface area contributed by atoms with E-state index in [0.717, 1.165) is 4.57 Å². The van der Waals surface area contributed by atoms with Crippen LogP contribution in [0.1, 0.15) is 73.4 Å². The summed E-state index contributed by atoms with van der Waals surface area (Å²) in [5, 5.41) is 12.9. The van der Waals surface area contributed by atoms with Gasteiger partial charge in [-0.15, -0.1) is 0 Å². The molecule has 4 aromatic rings. The van der Waals surface area contributed by atoms with E-state index in [0.29, 0.717) is 16.7 Å². The van der Waals surface area contributed by atoms with Crippen LogP contribution in [0, 0.1) is 44.4 Å². The maximum absolute atomic E-state index is 13.7. The molecule has 68 heavy (non-hydrogen) atoms. The maximum Gasteiger partial charge on any atom is 0.351 e. The average molecular weight is 1030 g/mol. The van der Waals surface area contributed by atoms with Crippen LogP contribution in [0.25, 0.3) is 0 Å². The first-order valence-corrected chi connectivity index (χ1v) is 26.7. The van der Waals surface area contributed by atoms with E-state index < -0.39 is 122 Å². The Morgan fingerprint density at radius 2 is 1.15 bits per heavy atom. The van der Waals surface area contributed by atoms with Gasteiger partial charge in [-0.05, 0) is 62.4 Å². The van der Waals surface area contributed by atoms with Gasteiger partial charge < -0.3 is 52.5 Å². The lowest BCUT2D eigenvalue weighted by molar-refractivity contribution is -0.0549. The number of anilines is 1. The number of nitrogens with zero attached hydrogens (tertiary/aromatic N) is 4. The van der Waals surface area contributed by atoms with Crippen LogP contribution in [0.5, 0.6) is 0 Å². The molecule has 1 amide bonds. The Kier molecular flexibility index (Phi) is 15.7. The van der Waals surface area contributed by atoms with Crippen LogP contribution in [0.15, 0.2) is 72.9 Å². The normalized spacial score (nSPS) is 30.0. The Bertz CT molecular complexity index is 2930. The van der Waals surface area contributed by atoms with E-state index in [4.69, 9.17) is 55.9 Å². The average Bonchev–Trinajstić information content (AvgIpc) is 3.87. The predicted molar refractivity (Wildman–Crippen MR) is 250 cm³/mol. The highest BCUT2D eigenvalue weighted by Gasteiger charge is 2.50. The highest BCUT2D eigenvalue weighted by Crippen LogP contribution is 2.54. The third-order valence-electron chi connectivity index (χ3n) is 12.5. The third-order valence-corrected chi connectivity index (χ3v) is 15.6. The highest BCUT2D eigenvalue weighted by atomic mass is 32.5. The molecule has 7 rings (SSSR count). The summed E-state index contributed by atoms with van der Waals surface area (Å²) < 4.78 is 45.9. The number of aromatic amines is 2. The second-order valence-corrected chi connectivity index (χ2v) is 22.8. The summed E-state index contributed by atoms with van der Waals surface area (Å²) in [7, 11) is 0. The summed E-state index contributed by atoms with van der Waals surface area (Å²) in [5.41, 5.74) is -2.10. The molecule has 3 aromatic heterocycles. The zero-order chi connectivity index (χ0) is 49.6. The van der Waals surface area contributed by atoms with E-state index in [1.54, 1.807) is 58.0 Å². The number of ether oxygens (including phenoxy) is 3. The first kappa shape index (κ1) is 51.7. The molecule has 370 valence electrons. The van der Waals surface area contributed by atoms with E-state index in [2.05, 4.69) is 20.3 Å². The SMILES string of the molecule is Cc1cn([C@@H]2O[C@H](COP(O)(=S)O[C@H]3[C@@H](C)[C@H](n4cc(C)c(=O)[nH]c4=O)O[C@@H]3CO)[C@@H](OP(O)(=S)OC[C@H]3O[C@@H](n4cc(C)c(=O)[nH]c4=O)[C@H](C)[C@@H]3C)[C@H]2C)c(=O)nc1NC(=O)c1ccccc1. The van der Waals surface area contributed by atoms with Gasteiger partial charge in [0, 0.05) is 58.6 Å². The minimum atomic E-state index is -4.29. The van der Waals surface area contributed by atoms with Crippen LogP contribution in [-0.4, -0.2) is 99.8 Å². The zero-order valence-corrected chi connectivity index (χ0v) is 41.2. The van der Waals surface area contributed by atoms with Gasteiger partial charge in [-0.1, -0.05) is 45.9 Å². The molecule has 6 heterocycles. The molecule has 27 heteroatoms. The molecule has 3 aliphatic heterocycles. The minimum absolute atomic E-state index is 0.00500. The van der Waals surface area contributed by atoms with Crippen molar-refractivity contribution >= 4 is 48.8 Å². The van der Waals surface area contributed by atoms with Gasteiger partial charge >= 0.3 is 30.5 Å². The number of aromatic nitrogens is 6. The summed E-state index contributed by atoms with van der Waals surface area (Å²) in [6.07, 6.45) is -4.22. The van der Waals surface area contributed by atoms with Crippen LogP contribution in [0.2, 0.25) is 0 Å². The molecule has 0 aliphatic carbocycles. The Morgan fingerprint density at radius 3 is 1.69 bits per heavy atom. The monoisotopic (exact) mass is 1030 g/mol. The third kappa shape index (κ3) is 11.1. The first-order valence-electron chi connectivity index (χ1n) is 21.5. The number of rotatable bonds is 16. The smallest absolute Gasteiger partial charge is 0.351 e. The fourth-order valence-corrected chi connectivity index (χ4v) is 11.5. The quantitative estimate of drug-likeness (QED) is 0.0875. The molecule has 0 saturated carbocycles. The van der Waals surface area contributed by atoms with Gasteiger partial charge in [0.25, 0.3) is 17.0 Å². The Hall–Kier alpha value is -4.17. The number of H-pyrrole nitrogens is 2. The fraction of sp³-hybridized carbons (Fsp3) is 0.537. The number of benzene rings is 1. The van der Waals surface area contributed by atoms with Gasteiger partial charge in [0.1, 0.15) is 48.9 Å². The van der Waals surface area contributed by atoms with E-state index in [1.165, 1.54) is 34.6 Å². The van der Waals surface area contributed by atoms with Crippen LogP contribution in [-0.2, 0) is 55.9 Å². The van der Waals surface area contributed by atoms with Gasteiger partial charge in [-0.3, -0.25) is 38.1 Å². The van der Waals surface area contributed by atoms with Crippen molar-refractivity contribution in [3.8, 4) is 0 Å². The molecule has 14 atom stereocenters. The number of carbonyl (C=O) groups is 1. The topological polar surface area (TPSA) is 299 Å². The maximum atomic E-state index is 13.7. The van der Waals surface area contributed by atoms with Crippen molar-refractivity contribution in [3.63, 3.8) is 0 Å². The summed E-state index contributed by atoms with van der Waals surface area (Å²) in [6.45, 7) is 1.72. The molecule has 0 radical (unpaired) electrons. The van der Waals surface area contributed by atoms with Crippen molar-refractivity contribution in [1.82, 2.24) is 28.7 Å². The standard InChI is InChI=1S/C41H53N7O16P2S2/c1-19-13-46(39(53)43-32(19)42-35(52)26-11-9-8-10-12-26)38-25(7)31(64-65(56,67)58-17-28-22(4)23(5)36(61-28)47-14-20(2)33(50)44-40(47)54)29(62-38)18-59-66(57,68)63-30-24(6)37(60-27(30)16-49)48-15-21(3)34(51)45-41(48)55/h8-15,22-25,27-31,36-38,49H,16-18H2,1-7H3,(H,56,67)(H,57,68)(H,44,50,54)(H,45,51,55)(H,42,43,52,53)/t22-,23+,24+,25+,27+,28+,29+,30-,31-,36+,37+,38+,65?,66?/m0/s1. The molecule has 6 N–H and O–H groups in total. The van der Waals surface area contributed by atoms with Crippen molar-refractivity contribution in [3.05, 3.63) is 123 Å². The molecule has 1 aromatic carbocycles. The first-order chi connectivity index (χ1) is 32.0. The van der Waals surface area contributed by atoms with Crippen molar-refractivity contribution in [1.29, 1.82) is 0 Å². The number of carbonyl (C=O) groups excluding carboxylic acids is 1. The summed E-state index contributed by atoms with van der Waals surface area (Å²) in [6, 6.07) is 8.33. The van der Waals surface area contributed by atoms with Crippen molar-refractivity contribution < 1.29 is 52.0 Å². The number of aryl methyl sites for hydroxylation is 3. The van der Waals surface area contributed by atoms with E-state index in [9.17, 15) is 43.7 Å². The highest BCUT2D eigenvalue weighted by molar-refractivity contribution is 8.07. The Labute approximate surface area is 397 Å². The summed E-state index contributed by atoms with van der Waals surface area (Å²) in [4.78, 5) is 108. The van der Waals surface area contributed by atoms with Crippen molar-refractivity contribution in [2.24, 2.45) is 23.7 Å². The number of aliphatic hydroxyl groups is 1. The molecule has 23 nitrogen and oxygen atoms in total. The number of nitrogens with one attached hydrogen (secondary N) is 3. The Morgan fingerprint density at radius 1 is 0.691 bits per heavy atom. The number of hydrogen-bond donors (Lipinski definition) is 6. The van der Waals surface area contributed by atoms with Crippen molar-refractivity contribution in [2.75, 3.05) is 25.1 Å². The molecular weight excluding hydrogens is 973 g/mol. The van der Waals surface area contributed by atoms with E-state index in [1.807, 2.05) is 13.8 Å². The lowest BCUT2D eigenvalue weighted by Gasteiger charge is -2.29. The fourth-order valence-electron chi connectivity index (χ4n) is 8.44. The lowest BCUT2D eigenvalue weighted by Crippen LogP contribution is -2.35. The molecule has 2 unspecified atom stereocenters. The molecule has 0 bridgehead atoms. The predicted octanol–water partition coefficient (Wildman–Crippen LogP) is 1.99. The number of hydrogen-bond acceptors (Lipinski definition) is 17.